The molecule has 1 aromatic carbocycles. The van der Waals surface area contributed by atoms with Gasteiger partial charge in [0.2, 0.25) is 0 Å². The Morgan fingerprint density at radius 1 is 1.21 bits per heavy atom. The largest absolute Gasteiger partial charge is 0.386 e. The van der Waals surface area contributed by atoms with Crippen molar-refractivity contribution in [2.75, 3.05) is 13.1 Å². The van der Waals surface area contributed by atoms with Crippen LogP contribution in [0.4, 0.5) is 0 Å². The van der Waals surface area contributed by atoms with Crippen LogP contribution in [-0.4, -0.2) is 34.5 Å². The highest BCUT2D eigenvalue weighted by molar-refractivity contribution is 5.83. The molecule has 1 heterocycles. The molecule has 1 aromatic rings. The molecule has 0 bridgehead atoms. The summed E-state index contributed by atoms with van der Waals surface area (Å²) < 4.78 is 0. The van der Waals surface area contributed by atoms with Crippen LogP contribution in [0.15, 0.2) is 30.3 Å². The highest BCUT2D eigenvalue weighted by Gasteiger charge is 2.50. The molecule has 0 amide bonds. The van der Waals surface area contributed by atoms with Crippen LogP contribution in [0.1, 0.15) is 31.2 Å². The number of benzene rings is 1. The number of carbonyl (C=O) groups excluding carboxylic acids is 1. The van der Waals surface area contributed by atoms with Crippen LogP contribution in [-0.2, 0) is 11.3 Å². The Morgan fingerprint density at radius 2 is 1.95 bits per heavy atom. The van der Waals surface area contributed by atoms with Gasteiger partial charge in [0.25, 0.3) is 0 Å². The van der Waals surface area contributed by atoms with Crippen LogP contribution >= 0.6 is 0 Å². The predicted molar refractivity (Wildman–Crippen MR) is 73.6 cm³/mol. The minimum atomic E-state index is -0.758. The second kappa shape index (κ2) is 5.06. The molecule has 2 fully saturated rings. The third-order valence-corrected chi connectivity index (χ3v) is 4.45. The number of β-amino-alcohol motifs (C(OH)–C–C–N with tert-alkyl or cyclic N) is 1. The smallest absolute Gasteiger partial charge is 0.138 e. The van der Waals surface area contributed by atoms with Crippen molar-refractivity contribution in [2.24, 2.45) is 5.92 Å². The summed E-state index contributed by atoms with van der Waals surface area (Å²) in [5.74, 6) is 0.154. The number of rotatable bonds is 3. The maximum Gasteiger partial charge on any atom is 0.138 e. The van der Waals surface area contributed by atoms with Gasteiger partial charge in [-0.2, -0.15) is 0 Å². The maximum atomic E-state index is 11.9. The Kier molecular flexibility index (Phi) is 3.42. The summed E-state index contributed by atoms with van der Waals surface area (Å²) in [5.41, 5.74) is 0.506. The zero-order chi connectivity index (χ0) is 13.3. The summed E-state index contributed by atoms with van der Waals surface area (Å²) in [6.45, 7) is 2.14. The summed E-state index contributed by atoms with van der Waals surface area (Å²) in [7, 11) is 0. The molecule has 3 rings (SSSR count). The van der Waals surface area contributed by atoms with Crippen molar-refractivity contribution < 1.29 is 9.90 Å². The quantitative estimate of drug-likeness (QED) is 0.902. The summed E-state index contributed by atoms with van der Waals surface area (Å²) in [6, 6.07) is 10.3. The molecular weight excluding hydrogens is 238 g/mol. The van der Waals surface area contributed by atoms with Crippen molar-refractivity contribution in [1.82, 2.24) is 4.90 Å². The molecule has 0 aromatic heterocycles. The zero-order valence-corrected chi connectivity index (χ0v) is 11.2. The number of ketones is 1. The lowest BCUT2D eigenvalue weighted by Gasteiger charge is -2.51. The van der Waals surface area contributed by atoms with E-state index in [1.54, 1.807) is 0 Å². The topological polar surface area (TPSA) is 40.5 Å². The van der Waals surface area contributed by atoms with Gasteiger partial charge in [-0.25, -0.2) is 0 Å². The van der Waals surface area contributed by atoms with Crippen molar-refractivity contribution in [3.05, 3.63) is 35.9 Å². The number of hydrogen-bond donors (Lipinski definition) is 1. The summed E-state index contributed by atoms with van der Waals surface area (Å²) in [4.78, 5) is 14.1. The van der Waals surface area contributed by atoms with E-state index in [1.807, 2.05) is 18.2 Å². The number of carbonyl (C=O) groups is 1. The second-order valence-electron chi connectivity index (χ2n) is 6.00. The van der Waals surface area contributed by atoms with E-state index in [9.17, 15) is 9.90 Å². The third kappa shape index (κ3) is 2.58. The zero-order valence-electron chi connectivity index (χ0n) is 11.2. The van der Waals surface area contributed by atoms with Gasteiger partial charge < -0.3 is 5.11 Å². The number of hydrogen-bond acceptors (Lipinski definition) is 3. The van der Waals surface area contributed by atoms with E-state index in [2.05, 4.69) is 17.0 Å². The first-order valence-electron chi connectivity index (χ1n) is 7.19. The van der Waals surface area contributed by atoms with E-state index in [0.29, 0.717) is 19.5 Å². The van der Waals surface area contributed by atoms with Crippen LogP contribution in [0.25, 0.3) is 0 Å². The third-order valence-electron chi connectivity index (χ3n) is 4.45. The first-order chi connectivity index (χ1) is 9.17. The molecule has 0 radical (unpaired) electrons. The molecule has 102 valence electrons. The molecule has 19 heavy (non-hydrogen) atoms. The van der Waals surface area contributed by atoms with E-state index in [4.69, 9.17) is 0 Å². The predicted octanol–water partition coefficient (Wildman–Crippen LogP) is 1.99. The van der Waals surface area contributed by atoms with Crippen molar-refractivity contribution in [3.8, 4) is 0 Å². The Balaban J connectivity index is 1.57. The number of likely N-dealkylation sites (tertiary alicyclic amines) is 1. The average Bonchev–Trinajstić information content (AvgIpc) is 2.38. The van der Waals surface area contributed by atoms with Gasteiger partial charge in [-0.05, 0) is 18.4 Å². The minimum absolute atomic E-state index is 0.117. The highest BCUT2D eigenvalue weighted by atomic mass is 16.3. The van der Waals surface area contributed by atoms with E-state index < -0.39 is 5.60 Å². The van der Waals surface area contributed by atoms with Gasteiger partial charge >= 0.3 is 0 Å². The Morgan fingerprint density at radius 3 is 2.63 bits per heavy atom. The van der Waals surface area contributed by atoms with Crippen LogP contribution in [0, 0.1) is 5.92 Å². The van der Waals surface area contributed by atoms with Crippen molar-refractivity contribution in [1.29, 1.82) is 0 Å². The molecule has 1 aliphatic heterocycles. The molecule has 3 heteroatoms. The molecule has 1 N–H and O–H groups in total. The van der Waals surface area contributed by atoms with Crippen molar-refractivity contribution >= 4 is 5.78 Å². The van der Waals surface area contributed by atoms with E-state index in [-0.39, 0.29) is 11.7 Å². The van der Waals surface area contributed by atoms with Gasteiger partial charge in [0.15, 0.2) is 0 Å². The van der Waals surface area contributed by atoms with Gasteiger partial charge in [-0.3, -0.25) is 9.69 Å². The average molecular weight is 259 g/mol. The minimum Gasteiger partial charge on any atom is -0.386 e. The molecular formula is C16H21NO2. The van der Waals surface area contributed by atoms with Gasteiger partial charge in [-0.1, -0.05) is 36.8 Å². The SMILES string of the molecule is O=C1CCCCC1C1(O)CN(Cc2ccccc2)C1. The Hall–Kier alpha value is -1.19. The van der Waals surface area contributed by atoms with Crippen LogP contribution in [0.3, 0.4) is 0 Å². The lowest BCUT2D eigenvalue weighted by molar-refractivity contribution is -0.162. The van der Waals surface area contributed by atoms with Crippen LogP contribution < -0.4 is 0 Å². The Labute approximate surface area is 114 Å². The lowest BCUT2D eigenvalue weighted by Crippen LogP contribution is -2.66. The molecule has 1 unspecified atom stereocenters. The fraction of sp³-hybridized carbons (Fsp3) is 0.562. The van der Waals surface area contributed by atoms with Gasteiger partial charge in [0.05, 0.1) is 5.60 Å². The van der Waals surface area contributed by atoms with E-state index >= 15 is 0 Å². The summed E-state index contributed by atoms with van der Waals surface area (Å²) in [5, 5.41) is 10.6. The molecule has 3 nitrogen and oxygen atoms in total. The monoisotopic (exact) mass is 259 g/mol. The molecule has 1 saturated carbocycles. The second-order valence-corrected chi connectivity index (χ2v) is 6.00. The Bertz CT molecular complexity index is 451. The van der Waals surface area contributed by atoms with Crippen molar-refractivity contribution in [2.45, 2.75) is 37.8 Å². The number of nitrogens with zero attached hydrogens (tertiary/aromatic N) is 1. The van der Waals surface area contributed by atoms with Gasteiger partial charge in [-0.15, -0.1) is 0 Å². The lowest BCUT2D eigenvalue weighted by atomic mass is 9.72. The van der Waals surface area contributed by atoms with Gasteiger partial charge in [0, 0.05) is 32.0 Å². The fourth-order valence-corrected chi connectivity index (χ4v) is 3.45. The number of Topliss-reactive ketones (excluding diaryl/α,β-unsaturated/α-hetero) is 1. The maximum absolute atomic E-state index is 11.9. The standard InChI is InChI=1S/C16H21NO2/c18-15-9-5-4-8-14(15)16(19)11-17(12-16)10-13-6-2-1-3-7-13/h1-3,6-7,14,19H,4-5,8-12H2. The molecule has 1 saturated heterocycles. The van der Waals surface area contributed by atoms with Crippen LogP contribution in [0.5, 0.6) is 0 Å². The summed E-state index contributed by atoms with van der Waals surface area (Å²) in [6.07, 6.45) is 3.61. The molecule has 0 spiro atoms. The highest BCUT2D eigenvalue weighted by Crippen LogP contribution is 2.37. The first kappa shape index (κ1) is 12.8. The summed E-state index contributed by atoms with van der Waals surface area (Å²) >= 11 is 0. The molecule has 1 aliphatic carbocycles. The molecule has 2 aliphatic rings. The fourth-order valence-electron chi connectivity index (χ4n) is 3.45. The van der Waals surface area contributed by atoms with Crippen molar-refractivity contribution in [3.63, 3.8) is 0 Å². The molecule has 1 atom stereocenters. The van der Waals surface area contributed by atoms with Gasteiger partial charge in [0.1, 0.15) is 5.78 Å². The first-order valence-corrected chi connectivity index (χ1v) is 7.19. The van der Waals surface area contributed by atoms with E-state index in [1.165, 1.54) is 5.56 Å². The van der Waals surface area contributed by atoms with Crippen LogP contribution in [0.2, 0.25) is 0 Å². The van der Waals surface area contributed by atoms with E-state index in [0.717, 1.165) is 25.8 Å². The normalized spacial score (nSPS) is 27.0. The number of aliphatic hydroxyl groups is 1.